The van der Waals surface area contributed by atoms with E-state index in [4.69, 9.17) is 18.1 Å². The van der Waals surface area contributed by atoms with Crippen LogP contribution in [0.1, 0.15) is 19.8 Å². The third kappa shape index (κ3) is 22.3. The van der Waals surface area contributed by atoms with Crippen molar-refractivity contribution in [3.63, 3.8) is 0 Å². The minimum atomic E-state index is -1.85. The summed E-state index contributed by atoms with van der Waals surface area (Å²) in [5, 5.41) is 8.16. The largest absolute Gasteiger partial charge is 0.481 e. The molecule has 0 heterocycles. The first-order valence-corrected chi connectivity index (χ1v) is 17.5. The molecule has 0 atom stereocenters. The second-order valence-corrected chi connectivity index (χ2v) is 20.4. The number of carbonyl (C=O) groups is 1. The molecule has 1 N–H and O–H groups in total. The van der Waals surface area contributed by atoms with Gasteiger partial charge >= 0.3 is 14.5 Å². The molecule has 0 saturated heterocycles. The second-order valence-electron chi connectivity index (χ2n) is 7.52. The zero-order valence-corrected chi connectivity index (χ0v) is 18.9. The zero-order chi connectivity index (χ0) is 18.0. The zero-order valence-electron chi connectivity index (χ0n) is 15.9. The number of carboxylic acids is 1. The van der Waals surface area contributed by atoms with Crippen molar-refractivity contribution in [1.29, 1.82) is 0 Å². The first-order valence-electron chi connectivity index (χ1n) is 7.88. The Bertz CT molecular complexity index is 291. The molecule has 0 aliphatic carbocycles. The maximum Gasteiger partial charge on any atom is 0.311 e. The number of rotatable bonds is 9. The van der Waals surface area contributed by atoms with Crippen molar-refractivity contribution in [1.82, 2.24) is 0 Å². The molecule has 0 saturated carbocycles. The molecule has 0 aromatic rings. The predicted octanol–water partition coefficient (Wildman–Crippen LogP) is 4.28. The second kappa shape index (κ2) is 10.7. The molecule has 0 bridgehead atoms. The summed E-state index contributed by atoms with van der Waals surface area (Å²) in [7, 11) is -4.72. The van der Waals surface area contributed by atoms with Gasteiger partial charge in [0.1, 0.15) is 0 Å². The van der Waals surface area contributed by atoms with Gasteiger partial charge in [0, 0.05) is 19.6 Å². The molecule has 0 amide bonds. The van der Waals surface area contributed by atoms with Gasteiger partial charge in [-0.25, -0.2) is 0 Å². The molecular formula is C14H36O5Si3. The Morgan fingerprint density at radius 1 is 0.909 bits per heavy atom. The van der Waals surface area contributed by atoms with Gasteiger partial charge in [-0.15, -0.1) is 0 Å². The molecule has 22 heavy (non-hydrogen) atoms. The Morgan fingerprint density at radius 3 is 1.59 bits per heavy atom. The van der Waals surface area contributed by atoms with Gasteiger partial charge in [-0.05, 0) is 65.7 Å². The molecule has 5 nitrogen and oxygen atoms in total. The molecule has 0 fully saturated rings. The van der Waals surface area contributed by atoms with Crippen LogP contribution in [0.3, 0.4) is 0 Å². The Morgan fingerprint density at radius 2 is 1.32 bits per heavy atom. The molecule has 0 aromatic heterocycles. The van der Waals surface area contributed by atoms with Gasteiger partial charge in [0.25, 0.3) is 0 Å². The summed E-state index contributed by atoms with van der Waals surface area (Å²) in [6.45, 7) is 20.7. The summed E-state index contributed by atoms with van der Waals surface area (Å²) < 4.78 is 17.1. The van der Waals surface area contributed by atoms with Gasteiger partial charge in [-0.1, -0.05) is 0 Å². The van der Waals surface area contributed by atoms with Crippen LogP contribution in [0.5, 0.6) is 0 Å². The van der Waals surface area contributed by atoms with Crippen molar-refractivity contribution in [2.24, 2.45) is 0 Å². The van der Waals surface area contributed by atoms with Crippen molar-refractivity contribution in [3.8, 4) is 0 Å². The van der Waals surface area contributed by atoms with E-state index >= 15 is 0 Å². The van der Waals surface area contributed by atoms with Crippen molar-refractivity contribution in [2.45, 2.75) is 72.1 Å². The van der Waals surface area contributed by atoms with Crippen LogP contribution in [-0.2, 0) is 17.8 Å². The third-order valence-corrected chi connectivity index (χ3v) is 10.8. The fourth-order valence-corrected chi connectivity index (χ4v) is 14.3. The van der Waals surface area contributed by atoms with Gasteiger partial charge in [0.05, 0.1) is 0 Å². The normalized spacial score (nSPS) is 12.6. The standard InChI is InChI=1S/C8H24O2Si3.C6H12O3/c1-11(2,3)9-13(7,8)10-12(4,5)6;1-2-9-5-3-4-6(7)8/h1-8H3;2-5H2,1H3,(H,7,8). The van der Waals surface area contributed by atoms with E-state index in [1.165, 1.54) is 0 Å². The lowest BCUT2D eigenvalue weighted by Gasteiger charge is -2.35. The topological polar surface area (TPSA) is 65.0 Å². The van der Waals surface area contributed by atoms with E-state index in [-0.39, 0.29) is 6.42 Å². The summed E-state index contributed by atoms with van der Waals surface area (Å²) >= 11 is 0. The van der Waals surface area contributed by atoms with Crippen molar-refractivity contribution in [2.75, 3.05) is 13.2 Å². The number of aliphatic carboxylic acids is 1. The Kier molecular flexibility index (Phi) is 11.8. The quantitative estimate of drug-likeness (QED) is 0.486. The smallest absolute Gasteiger partial charge is 0.311 e. The van der Waals surface area contributed by atoms with Crippen molar-refractivity contribution in [3.05, 3.63) is 0 Å². The van der Waals surface area contributed by atoms with Crippen LogP contribution in [-0.4, -0.2) is 49.5 Å². The molecule has 0 aromatic carbocycles. The molecule has 0 rings (SSSR count). The molecule has 8 heteroatoms. The van der Waals surface area contributed by atoms with Crippen LogP contribution in [0.4, 0.5) is 0 Å². The fourth-order valence-electron chi connectivity index (χ4n) is 1.97. The minimum Gasteiger partial charge on any atom is -0.481 e. The van der Waals surface area contributed by atoms with Crippen molar-refractivity contribution >= 4 is 31.2 Å². The van der Waals surface area contributed by atoms with E-state index in [9.17, 15) is 4.79 Å². The van der Waals surface area contributed by atoms with Crippen LogP contribution in [0.15, 0.2) is 0 Å². The Labute approximate surface area is 139 Å². The van der Waals surface area contributed by atoms with Gasteiger partial charge in [0.15, 0.2) is 16.6 Å². The van der Waals surface area contributed by atoms with E-state index in [0.29, 0.717) is 19.6 Å². The fraction of sp³-hybridized carbons (Fsp3) is 0.929. The molecular weight excluding hydrogens is 332 g/mol. The summed E-state index contributed by atoms with van der Waals surface area (Å²) in [4.78, 5) is 9.91. The Hall–Kier alpha value is 0.000649. The molecule has 0 spiro atoms. The van der Waals surface area contributed by atoms with Crippen LogP contribution >= 0.6 is 0 Å². The van der Waals surface area contributed by atoms with Crippen molar-refractivity contribution < 1.29 is 22.9 Å². The average Bonchev–Trinajstić information content (AvgIpc) is 2.17. The first kappa shape index (κ1) is 24.3. The van der Waals surface area contributed by atoms with Gasteiger partial charge in [-0.2, -0.15) is 0 Å². The van der Waals surface area contributed by atoms with Crippen LogP contribution < -0.4 is 0 Å². The highest BCUT2D eigenvalue weighted by Crippen LogP contribution is 2.19. The molecule has 0 aliphatic heterocycles. The van der Waals surface area contributed by atoms with E-state index in [0.717, 1.165) is 0 Å². The highest BCUT2D eigenvalue weighted by Gasteiger charge is 2.35. The third-order valence-electron chi connectivity index (χ3n) is 1.99. The SMILES string of the molecule is CCOCCCC(=O)O.C[Si](C)(C)O[Si](C)(C)O[Si](C)(C)C. The van der Waals surface area contributed by atoms with Crippen LogP contribution in [0.2, 0.25) is 52.4 Å². The summed E-state index contributed by atoms with van der Waals surface area (Å²) in [5.74, 6) is -0.755. The van der Waals surface area contributed by atoms with E-state index < -0.39 is 31.2 Å². The summed E-state index contributed by atoms with van der Waals surface area (Å²) in [5.41, 5.74) is 0. The van der Waals surface area contributed by atoms with E-state index in [1.807, 2.05) is 6.92 Å². The molecule has 134 valence electrons. The summed E-state index contributed by atoms with van der Waals surface area (Å²) in [6, 6.07) is 0. The first-order chi connectivity index (χ1) is 9.68. The lowest BCUT2D eigenvalue weighted by Crippen LogP contribution is -2.50. The Balaban J connectivity index is 0. The number of ether oxygens (including phenoxy) is 1. The number of carboxylic acid groups (broad SMARTS) is 1. The molecule has 0 radical (unpaired) electrons. The van der Waals surface area contributed by atoms with Gasteiger partial charge in [0.2, 0.25) is 0 Å². The highest BCUT2D eigenvalue weighted by atomic mass is 28.5. The predicted molar refractivity (Wildman–Crippen MR) is 99.7 cm³/mol. The summed E-state index contributed by atoms with van der Waals surface area (Å²) in [6.07, 6.45) is 0.823. The number of hydrogen-bond donors (Lipinski definition) is 1. The lowest BCUT2D eigenvalue weighted by atomic mass is 10.3. The lowest BCUT2D eigenvalue weighted by molar-refractivity contribution is -0.137. The monoisotopic (exact) mass is 368 g/mol. The van der Waals surface area contributed by atoms with E-state index in [1.54, 1.807) is 0 Å². The number of hydrogen-bond acceptors (Lipinski definition) is 4. The minimum absolute atomic E-state index is 0.208. The maximum absolute atomic E-state index is 9.91. The van der Waals surface area contributed by atoms with Gasteiger partial charge < -0.3 is 18.1 Å². The highest BCUT2D eigenvalue weighted by molar-refractivity contribution is 6.87. The maximum atomic E-state index is 9.91. The van der Waals surface area contributed by atoms with E-state index in [2.05, 4.69) is 52.4 Å². The van der Waals surface area contributed by atoms with Gasteiger partial charge in [-0.3, -0.25) is 4.79 Å². The average molecular weight is 369 g/mol. The molecule has 0 unspecified atom stereocenters. The van der Waals surface area contributed by atoms with Crippen LogP contribution in [0.25, 0.3) is 0 Å². The van der Waals surface area contributed by atoms with Crippen LogP contribution in [0, 0.1) is 0 Å². The molecule has 0 aliphatic rings.